The maximum Gasteiger partial charge on any atom is 0.408 e. The third-order valence-electron chi connectivity index (χ3n) is 6.38. The summed E-state index contributed by atoms with van der Waals surface area (Å²) in [6.45, 7) is 13.7. The molecule has 2 unspecified atom stereocenters. The maximum atomic E-state index is 14.3. The van der Waals surface area contributed by atoms with Gasteiger partial charge in [-0.05, 0) is 63.6 Å². The van der Waals surface area contributed by atoms with Crippen LogP contribution in [0.1, 0.15) is 90.8 Å². The topological polar surface area (TPSA) is 87.7 Å². The Balaban J connectivity index is 2.53. The molecule has 0 aliphatic carbocycles. The molecule has 0 aliphatic heterocycles. The number of rotatable bonds is 13. The number of carbonyl (C=O) groups excluding carboxylic acids is 3. The Labute approximate surface area is 245 Å². The van der Waals surface area contributed by atoms with Gasteiger partial charge >= 0.3 is 6.09 Å². The molecule has 8 heteroatoms. The Morgan fingerprint density at radius 2 is 1.65 bits per heavy atom. The van der Waals surface area contributed by atoms with E-state index in [2.05, 4.69) is 17.6 Å². The van der Waals surface area contributed by atoms with Crippen LogP contribution in [0.15, 0.2) is 48.5 Å². The van der Waals surface area contributed by atoms with Crippen LogP contribution >= 0.6 is 11.6 Å². The predicted octanol–water partition coefficient (Wildman–Crippen LogP) is 7.68. The molecule has 0 saturated heterocycles. The van der Waals surface area contributed by atoms with E-state index in [1.165, 1.54) is 0 Å². The summed E-state index contributed by atoms with van der Waals surface area (Å²) < 4.78 is 5.48. The number of amides is 3. The van der Waals surface area contributed by atoms with E-state index in [4.69, 9.17) is 16.3 Å². The largest absolute Gasteiger partial charge is 0.444 e. The normalized spacial score (nSPS) is 12.9. The van der Waals surface area contributed by atoms with E-state index in [0.29, 0.717) is 29.2 Å². The second kappa shape index (κ2) is 15.7. The summed E-state index contributed by atoms with van der Waals surface area (Å²) in [5.41, 5.74) is 1.29. The van der Waals surface area contributed by atoms with Crippen LogP contribution in [0, 0.1) is 12.8 Å². The lowest BCUT2D eigenvalue weighted by Crippen LogP contribution is -2.53. The van der Waals surface area contributed by atoms with Gasteiger partial charge in [0.25, 0.3) is 5.91 Å². The van der Waals surface area contributed by atoms with Crippen LogP contribution < -0.4 is 10.6 Å². The summed E-state index contributed by atoms with van der Waals surface area (Å²) in [6, 6.07) is 12.9. The number of para-hydroxylation sites is 1. The van der Waals surface area contributed by atoms with Crippen molar-refractivity contribution in [1.82, 2.24) is 10.2 Å². The summed E-state index contributed by atoms with van der Waals surface area (Å²) in [5.74, 6) is -0.580. The van der Waals surface area contributed by atoms with E-state index >= 15 is 0 Å². The van der Waals surface area contributed by atoms with E-state index in [1.807, 2.05) is 63.2 Å². The average Bonchev–Trinajstić information content (AvgIpc) is 2.86. The third-order valence-corrected chi connectivity index (χ3v) is 6.69. The third kappa shape index (κ3) is 10.5. The molecule has 40 heavy (non-hydrogen) atoms. The minimum Gasteiger partial charge on any atom is -0.444 e. The zero-order valence-electron chi connectivity index (χ0n) is 25.1. The van der Waals surface area contributed by atoms with E-state index in [0.717, 1.165) is 31.2 Å². The number of nitrogens with zero attached hydrogens (tertiary/aromatic N) is 1. The molecule has 0 heterocycles. The first-order valence-corrected chi connectivity index (χ1v) is 14.6. The first kappa shape index (κ1) is 33.1. The number of nitrogens with one attached hydrogen (secondary N) is 2. The molecule has 0 saturated carbocycles. The van der Waals surface area contributed by atoms with Gasteiger partial charge in [0.1, 0.15) is 17.7 Å². The summed E-state index contributed by atoms with van der Waals surface area (Å²) in [5, 5.41) is 6.21. The van der Waals surface area contributed by atoms with Crippen LogP contribution in [-0.4, -0.2) is 41.0 Å². The number of benzene rings is 2. The zero-order valence-corrected chi connectivity index (χ0v) is 25.8. The minimum absolute atomic E-state index is 0.112. The smallest absolute Gasteiger partial charge is 0.408 e. The highest BCUT2D eigenvalue weighted by Crippen LogP contribution is 2.30. The van der Waals surface area contributed by atoms with Crippen LogP contribution in [0.25, 0.3) is 0 Å². The average molecular weight is 572 g/mol. The zero-order chi connectivity index (χ0) is 29.9. The van der Waals surface area contributed by atoms with E-state index in [1.54, 1.807) is 31.7 Å². The van der Waals surface area contributed by atoms with Gasteiger partial charge in [-0.25, -0.2) is 4.79 Å². The number of hydrogen-bond donors (Lipinski definition) is 2. The quantitative estimate of drug-likeness (QED) is 0.241. The van der Waals surface area contributed by atoms with Crippen LogP contribution in [-0.2, 0) is 14.3 Å². The first-order chi connectivity index (χ1) is 18.8. The Morgan fingerprint density at radius 1 is 0.975 bits per heavy atom. The molecule has 2 rings (SSSR count). The fraction of sp³-hybridized carbons (Fsp3) is 0.531. The standard InChI is InChI=1S/C32H46ClN3O4/c1-8-9-10-14-20-36(30(38)26(21-22(2)3)34-31(39)40-32(5,6)7)28(24-17-12-11-13-18-24)29(37)35-27-23(4)16-15-19-25(27)33/h11-13,15-19,22,26,28H,8-10,14,20-21H2,1-7H3,(H,34,39)(H,35,37). The van der Waals surface area contributed by atoms with Crippen molar-refractivity contribution in [2.75, 3.05) is 11.9 Å². The number of hydrogen-bond acceptors (Lipinski definition) is 4. The minimum atomic E-state index is -0.930. The summed E-state index contributed by atoms with van der Waals surface area (Å²) in [4.78, 5) is 42.7. The highest BCUT2D eigenvalue weighted by atomic mass is 35.5. The Bertz CT molecular complexity index is 1090. The molecule has 2 N–H and O–H groups in total. The molecule has 0 fully saturated rings. The van der Waals surface area contributed by atoms with Crippen molar-refractivity contribution in [2.24, 2.45) is 5.92 Å². The maximum absolute atomic E-state index is 14.3. The fourth-order valence-corrected chi connectivity index (χ4v) is 4.78. The molecule has 0 radical (unpaired) electrons. The second-order valence-corrected chi connectivity index (χ2v) is 12.1. The molecule has 0 bridgehead atoms. The van der Waals surface area contributed by atoms with Crippen molar-refractivity contribution in [3.8, 4) is 0 Å². The van der Waals surface area contributed by atoms with Gasteiger partial charge in [-0.2, -0.15) is 0 Å². The number of carbonyl (C=O) groups is 3. The number of aryl methyl sites for hydroxylation is 1. The van der Waals surface area contributed by atoms with Gasteiger partial charge in [0.15, 0.2) is 0 Å². The van der Waals surface area contributed by atoms with Gasteiger partial charge < -0.3 is 20.3 Å². The number of anilines is 1. The first-order valence-electron chi connectivity index (χ1n) is 14.2. The van der Waals surface area contributed by atoms with Crippen LogP contribution in [0.5, 0.6) is 0 Å². The number of ether oxygens (including phenoxy) is 1. The van der Waals surface area contributed by atoms with Crippen molar-refractivity contribution >= 4 is 35.2 Å². The van der Waals surface area contributed by atoms with Crippen LogP contribution in [0.3, 0.4) is 0 Å². The van der Waals surface area contributed by atoms with Gasteiger partial charge in [-0.15, -0.1) is 0 Å². The molecule has 7 nitrogen and oxygen atoms in total. The van der Waals surface area contributed by atoms with Crippen LogP contribution in [0.4, 0.5) is 10.5 Å². The van der Waals surface area contributed by atoms with E-state index in [9.17, 15) is 14.4 Å². The molecule has 0 aliphatic rings. The Morgan fingerprint density at radius 3 is 2.23 bits per heavy atom. The van der Waals surface area contributed by atoms with Gasteiger partial charge in [0.2, 0.25) is 5.91 Å². The highest BCUT2D eigenvalue weighted by Gasteiger charge is 2.36. The van der Waals surface area contributed by atoms with Crippen molar-refractivity contribution in [1.29, 1.82) is 0 Å². The summed E-state index contributed by atoms with van der Waals surface area (Å²) in [7, 11) is 0. The predicted molar refractivity (Wildman–Crippen MR) is 162 cm³/mol. The van der Waals surface area contributed by atoms with Gasteiger partial charge in [-0.3, -0.25) is 9.59 Å². The van der Waals surface area contributed by atoms with E-state index in [-0.39, 0.29) is 17.7 Å². The lowest BCUT2D eigenvalue weighted by molar-refractivity contribution is -0.141. The monoisotopic (exact) mass is 571 g/mol. The SMILES string of the molecule is CCCCCCN(C(=O)C(CC(C)C)NC(=O)OC(C)(C)C)C(C(=O)Nc1c(C)cccc1Cl)c1ccccc1. The molecule has 0 spiro atoms. The van der Waals surface area contributed by atoms with Crippen molar-refractivity contribution in [3.05, 3.63) is 64.7 Å². The number of halogens is 1. The molecule has 3 amide bonds. The molecule has 2 aromatic rings. The summed E-state index contributed by atoms with van der Waals surface area (Å²) >= 11 is 6.45. The number of alkyl carbamates (subject to hydrolysis) is 1. The van der Waals surface area contributed by atoms with Crippen molar-refractivity contribution in [2.45, 2.75) is 98.3 Å². The van der Waals surface area contributed by atoms with Gasteiger partial charge in [0, 0.05) is 6.54 Å². The molecule has 2 aromatic carbocycles. The molecular formula is C32H46ClN3O4. The molecule has 220 valence electrons. The molecule has 0 aromatic heterocycles. The summed E-state index contributed by atoms with van der Waals surface area (Å²) in [6.07, 6.45) is 3.44. The Hall–Kier alpha value is -3.06. The lowest BCUT2D eigenvalue weighted by Gasteiger charge is -2.35. The second-order valence-electron chi connectivity index (χ2n) is 11.7. The van der Waals surface area contributed by atoms with E-state index < -0.39 is 23.8 Å². The Kier molecular flexibility index (Phi) is 13.0. The van der Waals surface area contributed by atoms with Crippen molar-refractivity contribution in [3.63, 3.8) is 0 Å². The molecular weight excluding hydrogens is 526 g/mol. The van der Waals surface area contributed by atoms with Crippen molar-refractivity contribution < 1.29 is 19.1 Å². The van der Waals surface area contributed by atoms with Crippen LogP contribution in [0.2, 0.25) is 5.02 Å². The van der Waals surface area contributed by atoms with Gasteiger partial charge in [-0.1, -0.05) is 94.1 Å². The lowest BCUT2D eigenvalue weighted by atomic mass is 9.98. The fourth-order valence-electron chi connectivity index (χ4n) is 4.51. The number of unbranched alkanes of at least 4 members (excludes halogenated alkanes) is 3. The van der Waals surface area contributed by atoms with Gasteiger partial charge in [0.05, 0.1) is 10.7 Å². The molecule has 2 atom stereocenters. The highest BCUT2D eigenvalue weighted by molar-refractivity contribution is 6.34.